The van der Waals surface area contributed by atoms with Crippen LogP contribution >= 0.6 is 0 Å². The van der Waals surface area contributed by atoms with Gasteiger partial charge in [0.25, 0.3) is 0 Å². The summed E-state index contributed by atoms with van der Waals surface area (Å²) in [6, 6.07) is 8.68. The molecule has 21 heavy (non-hydrogen) atoms. The summed E-state index contributed by atoms with van der Waals surface area (Å²) in [5.41, 5.74) is 5.37. The van der Waals surface area contributed by atoms with E-state index < -0.39 is 23.6 Å². The number of carboxylic acid groups (broad SMARTS) is 1. The van der Waals surface area contributed by atoms with Crippen molar-refractivity contribution in [2.24, 2.45) is 5.73 Å². The van der Waals surface area contributed by atoms with Crippen molar-refractivity contribution in [3.05, 3.63) is 35.9 Å². The molecule has 1 rings (SSSR count). The van der Waals surface area contributed by atoms with E-state index in [1.165, 1.54) is 7.11 Å². The highest BCUT2D eigenvalue weighted by Gasteiger charge is 2.36. The number of rotatable bonds is 8. The summed E-state index contributed by atoms with van der Waals surface area (Å²) in [6.07, 6.45) is 0.100. The average molecular weight is 295 g/mol. The zero-order valence-corrected chi connectivity index (χ0v) is 12.2. The van der Waals surface area contributed by atoms with Gasteiger partial charge in [0, 0.05) is 12.5 Å². The molecule has 6 nitrogen and oxygen atoms in total. The van der Waals surface area contributed by atoms with E-state index in [1.807, 2.05) is 30.3 Å². The number of carboxylic acids is 1. The average Bonchev–Trinajstić information content (AvgIpc) is 2.44. The molecule has 1 aromatic rings. The second kappa shape index (κ2) is 7.75. The smallest absolute Gasteiger partial charge is 0.338 e. The molecule has 0 spiro atoms. The van der Waals surface area contributed by atoms with Gasteiger partial charge in [0.15, 0.2) is 5.60 Å². The van der Waals surface area contributed by atoms with E-state index in [1.54, 1.807) is 6.92 Å². The van der Waals surface area contributed by atoms with Crippen LogP contribution in [0, 0.1) is 0 Å². The standard InChI is InChI=1S/C15H21NO5/c1-15(14(19)20-2,9-11-6-4-3-5-7-11)21-10-12(16)8-13(17)18/h3-7,12H,8-10,16H2,1-2H3,(H,17,18). The topological polar surface area (TPSA) is 98.9 Å². The van der Waals surface area contributed by atoms with Crippen LogP contribution in [-0.2, 0) is 25.5 Å². The van der Waals surface area contributed by atoms with Crippen LogP contribution in [0.15, 0.2) is 30.3 Å². The molecule has 0 heterocycles. The largest absolute Gasteiger partial charge is 0.481 e. The van der Waals surface area contributed by atoms with Gasteiger partial charge in [0.1, 0.15) is 0 Å². The number of methoxy groups -OCH3 is 1. The Labute approximate surface area is 123 Å². The molecule has 0 radical (unpaired) electrons. The molecule has 2 atom stereocenters. The monoisotopic (exact) mass is 295 g/mol. The van der Waals surface area contributed by atoms with Crippen molar-refractivity contribution in [1.29, 1.82) is 0 Å². The lowest BCUT2D eigenvalue weighted by Gasteiger charge is -2.28. The van der Waals surface area contributed by atoms with Crippen molar-refractivity contribution in [2.75, 3.05) is 13.7 Å². The highest BCUT2D eigenvalue weighted by atomic mass is 16.6. The maximum Gasteiger partial charge on any atom is 0.338 e. The minimum absolute atomic E-state index is 0.0370. The summed E-state index contributed by atoms with van der Waals surface area (Å²) in [4.78, 5) is 22.6. The van der Waals surface area contributed by atoms with Gasteiger partial charge in [-0.1, -0.05) is 30.3 Å². The molecule has 116 valence electrons. The highest BCUT2D eigenvalue weighted by molar-refractivity contribution is 5.79. The summed E-state index contributed by atoms with van der Waals surface area (Å²) in [5.74, 6) is -1.53. The Balaban J connectivity index is 2.74. The van der Waals surface area contributed by atoms with Crippen molar-refractivity contribution < 1.29 is 24.2 Å². The Kier molecular flexibility index (Phi) is 6.33. The molecule has 0 bridgehead atoms. The first-order valence-electron chi connectivity index (χ1n) is 6.61. The molecule has 0 aliphatic rings. The van der Waals surface area contributed by atoms with Gasteiger partial charge < -0.3 is 20.3 Å². The van der Waals surface area contributed by atoms with Crippen molar-refractivity contribution in [3.63, 3.8) is 0 Å². The lowest BCUT2D eigenvalue weighted by atomic mass is 9.96. The number of nitrogens with two attached hydrogens (primary N) is 1. The molecular formula is C15H21NO5. The third kappa shape index (κ3) is 5.53. The van der Waals surface area contributed by atoms with Crippen molar-refractivity contribution >= 4 is 11.9 Å². The summed E-state index contributed by atoms with van der Waals surface area (Å²) in [6.45, 7) is 1.57. The fourth-order valence-corrected chi connectivity index (χ4v) is 1.96. The quantitative estimate of drug-likeness (QED) is 0.694. The number of aliphatic carboxylic acids is 1. The normalized spacial score (nSPS) is 15.0. The van der Waals surface area contributed by atoms with Gasteiger partial charge in [-0.15, -0.1) is 0 Å². The fraction of sp³-hybridized carbons (Fsp3) is 0.467. The third-order valence-electron chi connectivity index (χ3n) is 3.05. The molecule has 0 fully saturated rings. The molecule has 0 amide bonds. The summed E-state index contributed by atoms with van der Waals surface area (Å²) < 4.78 is 10.4. The number of carbonyl (C=O) groups excluding carboxylic acids is 1. The van der Waals surface area contributed by atoms with Gasteiger partial charge in [-0.3, -0.25) is 4.79 Å². The lowest BCUT2D eigenvalue weighted by molar-refractivity contribution is -0.168. The predicted octanol–water partition coefficient (Wildman–Crippen LogP) is 0.979. The molecule has 0 aliphatic heterocycles. The second-order valence-corrected chi connectivity index (χ2v) is 5.05. The molecule has 0 saturated heterocycles. The van der Waals surface area contributed by atoms with Crippen molar-refractivity contribution in [2.45, 2.75) is 31.4 Å². The molecule has 2 unspecified atom stereocenters. The summed E-state index contributed by atoms with van der Waals surface area (Å²) in [5, 5.41) is 8.68. The number of hydrogen-bond donors (Lipinski definition) is 2. The zero-order valence-electron chi connectivity index (χ0n) is 12.2. The molecule has 1 aromatic carbocycles. The van der Waals surface area contributed by atoms with Crippen LogP contribution < -0.4 is 5.73 Å². The van der Waals surface area contributed by atoms with Gasteiger partial charge in [-0.05, 0) is 12.5 Å². The first-order chi connectivity index (χ1) is 9.87. The first-order valence-corrected chi connectivity index (χ1v) is 6.61. The molecule has 0 aromatic heterocycles. The van der Waals surface area contributed by atoms with E-state index in [0.717, 1.165) is 5.56 Å². The minimum Gasteiger partial charge on any atom is -0.481 e. The minimum atomic E-state index is -1.20. The van der Waals surface area contributed by atoms with Crippen LogP contribution in [0.4, 0.5) is 0 Å². The van der Waals surface area contributed by atoms with Gasteiger partial charge in [-0.2, -0.15) is 0 Å². The summed E-state index contributed by atoms with van der Waals surface area (Å²) >= 11 is 0. The van der Waals surface area contributed by atoms with E-state index in [9.17, 15) is 9.59 Å². The molecular weight excluding hydrogens is 274 g/mol. The van der Waals surface area contributed by atoms with Gasteiger partial charge in [-0.25, -0.2) is 4.79 Å². The molecule has 3 N–H and O–H groups in total. The highest BCUT2D eigenvalue weighted by Crippen LogP contribution is 2.20. The van der Waals surface area contributed by atoms with Crippen molar-refractivity contribution in [1.82, 2.24) is 0 Å². The number of ether oxygens (including phenoxy) is 2. The SMILES string of the molecule is COC(=O)C(C)(Cc1ccccc1)OCC(N)CC(=O)O. The van der Waals surface area contributed by atoms with Gasteiger partial charge >= 0.3 is 11.9 Å². The molecule has 0 aliphatic carbocycles. The Morgan fingerprint density at radius 3 is 2.48 bits per heavy atom. The van der Waals surface area contributed by atoms with E-state index >= 15 is 0 Å². The van der Waals surface area contributed by atoms with Crippen LogP contribution in [0.1, 0.15) is 18.9 Å². The Morgan fingerprint density at radius 1 is 1.33 bits per heavy atom. The van der Waals surface area contributed by atoms with E-state index in [-0.39, 0.29) is 13.0 Å². The van der Waals surface area contributed by atoms with Crippen LogP contribution in [0.5, 0.6) is 0 Å². The number of carbonyl (C=O) groups is 2. The number of esters is 1. The van der Waals surface area contributed by atoms with E-state index in [0.29, 0.717) is 6.42 Å². The number of benzene rings is 1. The fourth-order valence-electron chi connectivity index (χ4n) is 1.96. The second-order valence-electron chi connectivity index (χ2n) is 5.05. The van der Waals surface area contributed by atoms with Gasteiger partial charge in [0.05, 0.1) is 20.1 Å². The van der Waals surface area contributed by atoms with Crippen LogP contribution in [0.2, 0.25) is 0 Å². The predicted molar refractivity (Wildman–Crippen MR) is 76.7 cm³/mol. The Hall–Kier alpha value is -1.92. The summed E-state index contributed by atoms with van der Waals surface area (Å²) in [7, 11) is 1.28. The lowest BCUT2D eigenvalue weighted by Crippen LogP contribution is -2.45. The maximum absolute atomic E-state index is 12.0. The Bertz CT molecular complexity index is 476. The van der Waals surface area contributed by atoms with Crippen LogP contribution in [0.25, 0.3) is 0 Å². The molecule has 0 saturated carbocycles. The van der Waals surface area contributed by atoms with E-state index in [2.05, 4.69) is 0 Å². The third-order valence-corrected chi connectivity index (χ3v) is 3.05. The molecule has 6 heteroatoms. The Morgan fingerprint density at radius 2 is 1.95 bits per heavy atom. The number of hydrogen-bond acceptors (Lipinski definition) is 5. The zero-order chi connectivity index (χ0) is 15.9. The van der Waals surface area contributed by atoms with Crippen molar-refractivity contribution in [3.8, 4) is 0 Å². The first kappa shape index (κ1) is 17.1. The maximum atomic E-state index is 12.0. The van der Waals surface area contributed by atoms with Crippen LogP contribution in [0.3, 0.4) is 0 Å². The van der Waals surface area contributed by atoms with Gasteiger partial charge in [0.2, 0.25) is 0 Å². The van der Waals surface area contributed by atoms with E-state index in [4.69, 9.17) is 20.3 Å². The van der Waals surface area contributed by atoms with Crippen LogP contribution in [-0.4, -0.2) is 42.4 Å².